The number of benzene rings is 1. The molecule has 0 saturated carbocycles. The molecule has 1 saturated heterocycles. The van der Waals surface area contributed by atoms with Crippen LogP contribution in [0.25, 0.3) is 0 Å². The van der Waals surface area contributed by atoms with E-state index in [0.717, 1.165) is 12.8 Å². The standard InChI is InChI=1S/C16H20FNO5/c1-22-16(23-2)10-5-7-18(8-6-10)13-4-3-11(15(20)21)12(9-19)14(13)17/h3-4,9-10,16H,5-8H2,1-2H3,(H,20,21). The van der Waals surface area contributed by atoms with Crippen LogP contribution >= 0.6 is 0 Å². The molecule has 126 valence electrons. The maximum Gasteiger partial charge on any atom is 0.336 e. The summed E-state index contributed by atoms with van der Waals surface area (Å²) >= 11 is 0. The molecule has 1 aliphatic rings. The Morgan fingerprint density at radius 2 is 1.96 bits per heavy atom. The molecule has 0 amide bonds. The van der Waals surface area contributed by atoms with Gasteiger partial charge in [0, 0.05) is 33.2 Å². The predicted molar refractivity (Wildman–Crippen MR) is 81.5 cm³/mol. The summed E-state index contributed by atoms with van der Waals surface area (Å²) in [6, 6.07) is 2.68. The number of aldehydes is 1. The van der Waals surface area contributed by atoms with Gasteiger partial charge in [0.15, 0.2) is 18.4 Å². The van der Waals surface area contributed by atoms with Gasteiger partial charge in [0.25, 0.3) is 0 Å². The van der Waals surface area contributed by atoms with Crippen molar-refractivity contribution >= 4 is 17.9 Å². The fourth-order valence-corrected chi connectivity index (χ4v) is 3.02. The maximum absolute atomic E-state index is 14.5. The number of nitrogens with zero attached hydrogens (tertiary/aromatic N) is 1. The first-order valence-corrected chi connectivity index (χ1v) is 7.35. The molecule has 0 spiro atoms. The molecular weight excluding hydrogens is 305 g/mol. The summed E-state index contributed by atoms with van der Waals surface area (Å²) in [5.41, 5.74) is -0.485. The predicted octanol–water partition coefficient (Wildman–Crippen LogP) is 2.17. The summed E-state index contributed by atoms with van der Waals surface area (Å²) in [4.78, 5) is 23.9. The SMILES string of the molecule is COC(OC)C1CCN(c2ccc(C(=O)O)c(C=O)c2F)CC1. The molecule has 1 fully saturated rings. The van der Waals surface area contributed by atoms with E-state index in [4.69, 9.17) is 14.6 Å². The average molecular weight is 325 g/mol. The number of anilines is 1. The first-order valence-electron chi connectivity index (χ1n) is 7.35. The fraction of sp³-hybridized carbons (Fsp3) is 0.500. The monoisotopic (exact) mass is 325 g/mol. The van der Waals surface area contributed by atoms with Crippen LogP contribution in [0.1, 0.15) is 33.6 Å². The minimum Gasteiger partial charge on any atom is -0.478 e. The van der Waals surface area contributed by atoms with Crippen LogP contribution in [0, 0.1) is 11.7 Å². The van der Waals surface area contributed by atoms with Crippen molar-refractivity contribution in [1.82, 2.24) is 0 Å². The van der Waals surface area contributed by atoms with Crippen molar-refractivity contribution in [3.05, 3.63) is 29.1 Å². The minimum absolute atomic E-state index is 0.216. The summed E-state index contributed by atoms with van der Waals surface area (Å²) in [7, 11) is 3.17. The highest BCUT2D eigenvalue weighted by Gasteiger charge is 2.28. The van der Waals surface area contributed by atoms with Crippen LogP contribution < -0.4 is 4.90 Å². The van der Waals surface area contributed by atoms with Crippen LogP contribution in [-0.4, -0.2) is 51.0 Å². The third kappa shape index (κ3) is 3.51. The average Bonchev–Trinajstić information content (AvgIpc) is 2.56. The van der Waals surface area contributed by atoms with Crippen LogP contribution in [0.2, 0.25) is 0 Å². The van der Waals surface area contributed by atoms with Crippen molar-refractivity contribution in [3.8, 4) is 0 Å². The normalized spacial score (nSPS) is 15.9. The number of ether oxygens (including phenoxy) is 2. The Bertz CT molecular complexity index is 580. The Morgan fingerprint density at radius 3 is 2.43 bits per heavy atom. The number of carboxylic acids is 1. The molecule has 7 heteroatoms. The summed E-state index contributed by atoms with van der Waals surface area (Å²) in [6.07, 6.45) is 1.47. The van der Waals surface area contributed by atoms with E-state index in [-0.39, 0.29) is 29.7 Å². The number of rotatable bonds is 6. The lowest BCUT2D eigenvalue weighted by Gasteiger charge is -2.36. The number of carboxylic acid groups (broad SMARTS) is 1. The highest BCUT2D eigenvalue weighted by Crippen LogP contribution is 2.30. The zero-order valence-corrected chi connectivity index (χ0v) is 13.1. The molecule has 2 rings (SSSR count). The van der Waals surface area contributed by atoms with Crippen molar-refractivity contribution in [2.75, 3.05) is 32.2 Å². The van der Waals surface area contributed by atoms with Crippen molar-refractivity contribution in [2.45, 2.75) is 19.1 Å². The van der Waals surface area contributed by atoms with Gasteiger partial charge in [-0.15, -0.1) is 0 Å². The van der Waals surface area contributed by atoms with E-state index in [0.29, 0.717) is 13.1 Å². The lowest BCUT2D eigenvalue weighted by atomic mass is 9.95. The molecule has 1 aromatic rings. The Balaban J connectivity index is 2.18. The number of hydrogen-bond acceptors (Lipinski definition) is 5. The molecular formula is C16H20FNO5. The Hall–Kier alpha value is -1.99. The van der Waals surface area contributed by atoms with E-state index in [1.165, 1.54) is 12.1 Å². The van der Waals surface area contributed by atoms with E-state index in [2.05, 4.69) is 0 Å². The second kappa shape index (κ2) is 7.52. The van der Waals surface area contributed by atoms with Crippen molar-refractivity contribution < 1.29 is 28.6 Å². The molecule has 0 aromatic heterocycles. The van der Waals surface area contributed by atoms with E-state index < -0.39 is 17.3 Å². The third-order valence-electron chi connectivity index (χ3n) is 4.24. The number of aromatic carboxylic acids is 1. The third-order valence-corrected chi connectivity index (χ3v) is 4.24. The number of piperidine rings is 1. The highest BCUT2D eigenvalue weighted by atomic mass is 19.1. The Labute approximate surface area is 133 Å². The fourth-order valence-electron chi connectivity index (χ4n) is 3.02. The van der Waals surface area contributed by atoms with Gasteiger partial charge in [-0.25, -0.2) is 9.18 Å². The second-order valence-corrected chi connectivity index (χ2v) is 5.45. The molecule has 1 aromatic carbocycles. The number of carbonyl (C=O) groups excluding carboxylic acids is 1. The van der Waals surface area contributed by atoms with Crippen LogP contribution in [0.5, 0.6) is 0 Å². The molecule has 0 atom stereocenters. The highest BCUT2D eigenvalue weighted by molar-refractivity contribution is 5.98. The van der Waals surface area contributed by atoms with Gasteiger partial charge < -0.3 is 19.5 Å². The van der Waals surface area contributed by atoms with E-state index in [1.807, 2.05) is 4.90 Å². The molecule has 1 heterocycles. The van der Waals surface area contributed by atoms with Gasteiger partial charge in [0.05, 0.1) is 16.8 Å². The van der Waals surface area contributed by atoms with Gasteiger partial charge in [0.2, 0.25) is 0 Å². The van der Waals surface area contributed by atoms with Crippen LogP contribution in [0.4, 0.5) is 10.1 Å². The molecule has 6 nitrogen and oxygen atoms in total. The van der Waals surface area contributed by atoms with Gasteiger partial charge in [-0.05, 0) is 25.0 Å². The van der Waals surface area contributed by atoms with Gasteiger partial charge in [0.1, 0.15) is 0 Å². The molecule has 0 aliphatic carbocycles. The van der Waals surface area contributed by atoms with Crippen LogP contribution in [-0.2, 0) is 9.47 Å². The van der Waals surface area contributed by atoms with Crippen LogP contribution in [0.15, 0.2) is 12.1 Å². The maximum atomic E-state index is 14.5. The smallest absolute Gasteiger partial charge is 0.336 e. The summed E-state index contributed by atoms with van der Waals surface area (Å²) in [6.45, 7) is 1.16. The molecule has 23 heavy (non-hydrogen) atoms. The molecule has 1 aliphatic heterocycles. The first-order chi connectivity index (χ1) is 11.0. The van der Waals surface area contributed by atoms with E-state index >= 15 is 0 Å². The number of halogens is 1. The largest absolute Gasteiger partial charge is 0.478 e. The lowest BCUT2D eigenvalue weighted by molar-refractivity contribution is -0.141. The van der Waals surface area contributed by atoms with Gasteiger partial charge >= 0.3 is 5.97 Å². The minimum atomic E-state index is -1.32. The summed E-state index contributed by atoms with van der Waals surface area (Å²) in [5, 5.41) is 9.01. The summed E-state index contributed by atoms with van der Waals surface area (Å²) < 4.78 is 25.0. The number of methoxy groups -OCH3 is 2. The second-order valence-electron chi connectivity index (χ2n) is 5.45. The van der Waals surface area contributed by atoms with Gasteiger partial charge in [-0.1, -0.05) is 0 Å². The quantitative estimate of drug-likeness (QED) is 0.638. The number of carbonyl (C=O) groups is 2. The van der Waals surface area contributed by atoms with Crippen LogP contribution in [0.3, 0.4) is 0 Å². The van der Waals surface area contributed by atoms with Gasteiger partial charge in [-0.2, -0.15) is 0 Å². The Morgan fingerprint density at radius 1 is 1.35 bits per heavy atom. The summed E-state index contributed by atoms with van der Waals surface area (Å²) in [5.74, 6) is -1.89. The van der Waals surface area contributed by atoms with Gasteiger partial charge in [-0.3, -0.25) is 4.79 Å². The van der Waals surface area contributed by atoms with Crippen molar-refractivity contribution in [2.24, 2.45) is 5.92 Å². The number of hydrogen-bond donors (Lipinski definition) is 1. The molecule has 0 radical (unpaired) electrons. The zero-order valence-electron chi connectivity index (χ0n) is 13.1. The first kappa shape index (κ1) is 17.4. The van der Waals surface area contributed by atoms with Crippen molar-refractivity contribution in [1.29, 1.82) is 0 Å². The topological polar surface area (TPSA) is 76.1 Å². The van der Waals surface area contributed by atoms with Crippen molar-refractivity contribution in [3.63, 3.8) is 0 Å². The molecule has 0 unspecified atom stereocenters. The van der Waals surface area contributed by atoms with E-state index in [1.54, 1.807) is 14.2 Å². The molecule has 0 bridgehead atoms. The van der Waals surface area contributed by atoms with E-state index in [9.17, 15) is 14.0 Å². The Kier molecular flexibility index (Phi) is 5.68. The molecule has 1 N–H and O–H groups in total. The lowest BCUT2D eigenvalue weighted by Crippen LogP contribution is -2.39. The zero-order chi connectivity index (χ0) is 17.0.